The van der Waals surface area contributed by atoms with Gasteiger partial charge in [0.05, 0.1) is 25.6 Å². The number of nitrogens with two attached hydrogens (primary N) is 1. The van der Waals surface area contributed by atoms with Crippen molar-refractivity contribution in [3.05, 3.63) is 49.3 Å². The van der Waals surface area contributed by atoms with Crippen LogP contribution in [0, 0.1) is 6.92 Å². The molecule has 7 N–H and O–H groups in total. The maximum atomic E-state index is 14.1. The second kappa shape index (κ2) is 13.6. The molecule has 3 aromatic heterocycles. The van der Waals surface area contributed by atoms with Gasteiger partial charge >= 0.3 is 13.4 Å². The highest BCUT2D eigenvalue weighted by Crippen LogP contribution is 2.49. The first-order chi connectivity index (χ1) is 21.4. The number of aromatic nitrogens is 6. The molecule has 0 radical (unpaired) electrons. The lowest BCUT2D eigenvalue weighted by Crippen LogP contribution is -2.34. The molecule has 2 aliphatic rings. The molecule has 0 spiro atoms. The van der Waals surface area contributed by atoms with Crippen LogP contribution in [0.3, 0.4) is 0 Å². The number of aromatic amines is 2. The highest BCUT2D eigenvalue weighted by Gasteiger charge is 2.44. The van der Waals surface area contributed by atoms with E-state index >= 15 is 0 Å². The number of nitrogens with zero attached hydrogens (tertiary/aromatic N) is 5. The van der Waals surface area contributed by atoms with Crippen molar-refractivity contribution in [1.29, 1.82) is 0 Å². The lowest BCUT2D eigenvalue weighted by molar-refractivity contribution is -0.0522. The van der Waals surface area contributed by atoms with Gasteiger partial charge in [0.25, 0.3) is 11.1 Å². The lowest BCUT2D eigenvalue weighted by atomic mass is 10.2. The number of fused-ring (bicyclic) bond motifs is 1. The van der Waals surface area contributed by atoms with Crippen LogP contribution in [0.1, 0.15) is 37.3 Å². The minimum atomic E-state index is -4.12. The second-order valence-electron chi connectivity index (χ2n) is 11.2. The monoisotopic (exact) mass is 655 g/mol. The molecule has 0 aliphatic carbocycles. The van der Waals surface area contributed by atoms with Crippen molar-refractivity contribution in [2.24, 2.45) is 0 Å². The average Bonchev–Trinajstić information content (AvgIpc) is 3.68. The quantitative estimate of drug-likeness (QED) is 0.0909. The van der Waals surface area contributed by atoms with Crippen LogP contribution < -0.4 is 27.6 Å². The number of aliphatic hydroxyl groups is 2. The number of anilines is 1. The van der Waals surface area contributed by atoms with Crippen LogP contribution in [0.25, 0.3) is 11.2 Å². The van der Waals surface area contributed by atoms with E-state index < -0.39 is 68.0 Å². The van der Waals surface area contributed by atoms with Crippen molar-refractivity contribution in [2.75, 3.05) is 46.1 Å². The normalized spacial score (nSPS) is 26.6. The first-order valence-electron chi connectivity index (χ1n) is 14.3. The van der Waals surface area contributed by atoms with E-state index in [1.54, 1.807) is 0 Å². The molecule has 0 bridgehead atoms. The Balaban J connectivity index is 1.31. The molecule has 2 fully saturated rings. The van der Waals surface area contributed by atoms with Crippen molar-refractivity contribution in [1.82, 2.24) is 39.1 Å². The van der Waals surface area contributed by atoms with Crippen molar-refractivity contribution in [2.45, 2.75) is 63.1 Å². The molecule has 5 rings (SSSR count). The van der Waals surface area contributed by atoms with E-state index in [9.17, 15) is 29.2 Å². The molecule has 1 unspecified atom stereocenters. The van der Waals surface area contributed by atoms with Crippen LogP contribution in [0.5, 0.6) is 0 Å². The Kier molecular flexibility index (Phi) is 10.0. The number of rotatable bonds is 13. The second-order valence-corrected chi connectivity index (χ2v) is 13.0. The van der Waals surface area contributed by atoms with Crippen molar-refractivity contribution >= 4 is 24.9 Å². The predicted molar refractivity (Wildman–Crippen MR) is 158 cm³/mol. The zero-order valence-electron chi connectivity index (χ0n) is 25.0. The number of hydrogen-bond donors (Lipinski definition) is 6. The van der Waals surface area contributed by atoms with Gasteiger partial charge in [0, 0.05) is 31.1 Å². The van der Waals surface area contributed by atoms with E-state index in [2.05, 4.69) is 25.0 Å². The molecule has 45 heavy (non-hydrogen) atoms. The van der Waals surface area contributed by atoms with Gasteiger partial charge in [-0.3, -0.25) is 37.7 Å². The van der Waals surface area contributed by atoms with Crippen molar-refractivity contribution in [3.63, 3.8) is 0 Å². The van der Waals surface area contributed by atoms with E-state index in [1.807, 2.05) is 19.0 Å². The zero-order valence-corrected chi connectivity index (χ0v) is 25.9. The molecule has 20 heteroatoms. The molecule has 2 saturated heterocycles. The van der Waals surface area contributed by atoms with Gasteiger partial charge in [-0.15, -0.1) is 0 Å². The van der Waals surface area contributed by atoms with Crippen LogP contribution in [0.2, 0.25) is 0 Å². The van der Waals surface area contributed by atoms with E-state index in [1.165, 1.54) is 28.6 Å². The summed E-state index contributed by atoms with van der Waals surface area (Å²) in [4.78, 5) is 51.1. The van der Waals surface area contributed by atoms with E-state index in [4.69, 9.17) is 24.3 Å². The first kappa shape index (κ1) is 33.1. The molecular formula is C25H38N9O10P. The minimum absolute atomic E-state index is 0.0197. The van der Waals surface area contributed by atoms with Crippen molar-refractivity contribution < 1.29 is 33.3 Å². The number of ether oxygens (including phenoxy) is 2. The van der Waals surface area contributed by atoms with Gasteiger partial charge in [0.2, 0.25) is 5.95 Å². The number of aryl methyl sites for hydroxylation is 1. The summed E-state index contributed by atoms with van der Waals surface area (Å²) in [5.41, 5.74) is 4.46. The molecule has 0 saturated carbocycles. The smallest absolute Gasteiger partial charge is 0.394 e. The Labute approximate surface area is 255 Å². The summed E-state index contributed by atoms with van der Waals surface area (Å²) in [6, 6.07) is 0. The Morgan fingerprint density at radius 3 is 2.62 bits per heavy atom. The van der Waals surface area contributed by atoms with Gasteiger partial charge in [0.15, 0.2) is 11.2 Å². The fraction of sp³-hybridized carbons (Fsp3) is 0.640. The van der Waals surface area contributed by atoms with Crippen LogP contribution in [0.15, 0.2) is 26.9 Å². The molecule has 3 aromatic rings. The van der Waals surface area contributed by atoms with Gasteiger partial charge in [-0.2, -0.15) is 4.98 Å². The summed E-state index contributed by atoms with van der Waals surface area (Å²) in [5, 5.41) is 23.6. The van der Waals surface area contributed by atoms with Gasteiger partial charge in [0.1, 0.15) is 30.8 Å². The summed E-state index contributed by atoms with van der Waals surface area (Å²) in [6.45, 7) is 1.62. The first-order valence-corrected chi connectivity index (χ1v) is 15.9. The number of imidazole rings is 1. The molecule has 5 heterocycles. The highest BCUT2D eigenvalue weighted by molar-refractivity contribution is 7.51. The molecule has 7 atom stereocenters. The van der Waals surface area contributed by atoms with Gasteiger partial charge < -0.3 is 30.3 Å². The van der Waals surface area contributed by atoms with Gasteiger partial charge in [-0.05, 0) is 34.0 Å². The SMILES string of the molecule is Cc1cn([C@H]2C[C@H](O)[C@@H](COP(=O)(NCCCN(C)C)O[C@H]3C[C@H](n4cnc5c(=O)[nH]c(N)nc54)O[C@@H]3CO)O2)c(=O)[nH]c1=O. The highest BCUT2D eigenvalue weighted by atomic mass is 31.2. The number of H-pyrrole nitrogens is 2. The van der Waals surface area contributed by atoms with Gasteiger partial charge in [-0.25, -0.2) is 19.4 Å². The third-order valence-corrected chi connectivity index (χ3v) is 9.20. The van der Waals surface area contributed by atoms with E-state index in [0.29, 0.717) is 13.0 Å². The van der Waals surface area contributed by atoms with Crippen LogP contribution in [-0.2, 0) is 23.1 Å². The topological polar surface area (TPSA) is 254 Å². The van der Waals surface area contributed by atoms with Gasteiger partial charge in [-0.1, -0.05) is 0 Å². The fourth-order valence-corrected chi connectivity index (χ4v) is 6.79. The Morgan fingerprint density at radius 2 is 1.89 bits per heavy atom. The molecule has 19 nitrogen and oxygen atoms in total. The predicted octanol–water partition coefficient (Wildman–Crippen LogP) is -1.46. The maximum Gasteiger partial charge on any atom is 0.405 e. The van der Waals surface area contributed by atoms with Crippen LogP contribution >= 0.6 is 7.75 Å². The zero-order chi connectivity index (χ0) is 32.5. The summed E-state index contributed by atoms with van der Waals surface area (Å²) in [6.07, 6.45) is -2.23. The van der Waals surface area contributed by atoms with Crippen molar-refractivity contribution in [3.8, 4) is 0 Å². The summed E-state index contributed by atoms with van der Waals surface area (Å²) < 4.78 is 40.3. The average molecular weight is 656 g/mol. The number of aliphatic hydroxyl groups excluding tert-OH is 2. The third kappa shape index (κ3) is 7.43. The molecule has 0 aromatic carbocycles. The van der Waals surface area contributed by atoms with E-state index in [-0.39, 0.29) is 48.7 Å². The Hall–Kier alpha value is -3.26. The maximum absolute atomic E-state index is 14.1. The standard InChI is InChI=1S/C25H38N9O10P/c1-13-9-33(25(39)31-22(13)37)18-7-14(36)17(43-18)11-41-45(40,28-5-4-6-32(2)3)44-15-8-19(42-16(15)10-35)34-12-27-20-21(34)29-24(26)30-23(20)38/h9,12,14-19,35-36H,4-8,10-11H2,1-3H3,(H,28,40)(H,31,37,39)(H3,26,29,30,38)/t14-,15-,16+,17+,18+,19+,45?/m0/s1. The van der Waals surface area contributed by atoms with Crippen LogP contribution in [-0.4, -0.2) is 109 Å². The minimum Gasteiger partial charge on any atom is -0.394 e. The fourth-order valence-electron chi connectivity index (χ4n) is 5.21. The van der Waals surface area contributed by atoms with E-state index in [0.717, 1.165) is 0 Å². The summed E-state index contributed by atoms with van der Waals surface area (Å²) >= 11 is 0. The number of nitrogen functional groups attached to an aromatic ring is 1. The summed E-state index contributed by atoms with van der Waals surface area (Å²) in [5.74, 6) is -0.113. The number of hydrogen-bond acceptors (Lipinski definition) is 14. The van der Waals surface area contributed by atoms with Crippen LogP contribution in [0.4, 0.5) is 5.95 Å². The largest absolute Gasteiger partial charge is 0.405 e. The Morgan fingerprint density at radius 1 is 1.16 bits per heavy atom. The molecule has 0 amide bonds. The Bertz CT molecular complexity index is 1720. The number of nitrogens with one attached hydrogen (secondary N) is 3. The molecule has 248 valence electrons. The molecular weight excluding hydrogens is 617 g/mol. The summed E-state index contributed by atoms with van der Waals surface area (Å²) in [7, 11) is -0.327. The third-order valence-electron chi connectivity index (χ3n) is 7.55. The lowest BCUT2D eigenvalue weighted by Gasteiger charge is -2.26. The molecule has 2 aliphatic heterocycles.